The summed E-state index contributed by atoms with van der Waals surface area (Å²) in [6, 6.07) is -0.288. The van der Waals surface area contributed by atoms with Gasteiger partial charge in [-0.2, -0.15) is 0 Å². The zero-order valence-electron chi connectivity index (χ0n) is 11.5. The first-order valence-electron chi connectivity index (χ1n) is 7.15. The maximum absolute atomic E-state index is 12.0. The Kier molecular flexibility index (Phi) is 6.56. The predicted octanol–water partition coefficient (Wildman–Crippen LogP) is 2.54. The van der Waals surface area contributed by atoms with E-state index in [-0.39, 0.29) is 11.9 Å². The first-order chi connectivity index (χ1) is 8.15. The van der Waals surface area contributed by atoms with Crippen LogP contribution in [0.4, 0.5) is 0 Å². The minimum absolute atomic E-state index is 0.129. The van der Waals surface area contributed by atoms with E-state index in [1.807, 2.05) is 11.9 Å². The second kappa shape index (κ2) is 7.70. The summed E-state index contributed by atoms with van der Waals surface area (Å²) in [7, 11) is 1.91. The van der Waals surface area contributed by atoms with Crippen molar-refractivity contribution < 1.29 is 4.79 Å². The van der Waals surface area contributed by atoms with E-state index in [0.717, 1.165) is 25.8 Å². The van der Waals surface area contributed by atoms with Gasteiger partial charge in [-0.15, -0.1) is 0 Å². The highest BCUT2D eigenvalue weighted by Crippen LogP contribution is 2.24. The van der Waals surface area contributed by atoms with Crippen LogP contribution in [0.15, 0.2) is 0 Å². The standard InChI is InChI=1S/C14H28N2O/c1-3-4-10-13(15)14(17)16(2)11-12-8-6-5-7-9-12/h12-13H,3-11,15H2,1-2H3. The van der Waals surface area contributed by atoms with Gasteiger partial charge in [0.15, 0.2) is 0 Å². The fraction of sp³-hybridized carbons (Fsp3) is 0.929. The van der Waals surface area contributed by atoms with E-state index in [1.165, 1.54) is 32.1 Å². The van der Waals surface area contributed by atoms with Crippen molar-refractivity contribution in [3.63, 3.8) is 0 Å². The van der Waals surface area contributed by atoms with E-state index < -0.39 is 0 Å². The molecule has 0 saturated heterocycles. The normalized spacial score (nSPS) is 19.0. The molecule has 1 amide bonds. The third-order valence-electron chi connectivity index (χ3n) is 3.82. The van der Waals surface area contributed by atoms with Crippen molar-refractivity contribution in [3.05, 3.63) is 0 Å². The predicted molar refractivity (Wildman–Crippen MR) is 71.7 cm³/mol. The summed E-state index contributed by atoms with van der Waals surface area (Å²) in [6.45, 7) is 3.03. The molecule has 0 aromatic rings. The Hall–Kier alpha value is -0.570. The van der Waals surface area contributed by atoms with Crippen LogP contribution in [0.25, 0.3) is 0 Å². The van der Waals surface area contributed by atoms with Crippen LogP contribution in [-0.4, -0.2) is 30.4 Å². The largest absolute Gasteiger partial charge is 0.344 e. The molecule has 0 spiro atoms. The van der Waals surface area contributed by atoms with Gasteiger partial charge in [0, 0.05) is 13.6 Å². The molecule has 0 bridgehead atoms. The van der Waals surface area contributed by atoms with E-state index in [2.05, 4.69) is 6.92 Å². The van der Waals surface area contributed by atoms with Gasteiger partial charge in [-0.3, -0.25) is 4.79 Å². The first kappa shape index (κ1) is 14.5. The summed E-state index contributed by atoms with van der Waals surface area (Å²) >= 11 is 0. The summed E-state index contributed by atoms with van der Waals surface area (Å²) in [6.07, 6.45) is 9.55. The molecule has 3 heteroatoms. The second-order valence-corrected chi connectivity index (χ2v) is 5.47. The Morgan fingerprint density at radius 2 is 2.00 bits per heavy atom. The molecule has 1 fully saturated rings. The molecule has 1 saturated carbocycles. The molecular weight excluding hydrogens is 212 g/mol. The Balaban J connectivity index is 2.29. The third kappa shape index (κ3) is 5.07. The molecule has 3 nitrogen and oxygen atoms in total. The SMILES string of the molecule is CCCCC(N)C(=O)N(C)CC1CCCCC1. The molecule has 1 aliphatic carbocycles. The second-order valence-electron chi connectivity index (χ2n) is 5.47. The molecule has 1 rings (SSSR count). The topological polar surface area (TPSA) is 46.3 Å². The van der Waals surface area contributed by atoms with Crippen LogP contribution in [-0.2, 0) is 4.79 Å². The average Bonchev–Trinajstić information content (AvgIpc) is 2.36. The van der Waals surface area contributed by atoms with E-state index >= 15 is 0 Å². The summed E-state index contributed by atoms with van der Waals surface area (Å²) in [4.78, 5) is 13.9. The summed E-state index contributed by atoms with van der Waals surface area (Å²) in [5.74, 6) is 0.833. The average molecular weight is 240 g/mol. The number of carbonyl (C=O) groups excluding carboxylic acids is 1. The van der Waals surface area contributed by atoms with Crippen LogP contribution in [0.2, 0.25) is 0 Å². The number of unbranched alkanes of at least 4 members (excludes halogenated alkanes) is 1. The van der Waals surface area contributed by atoms with E-state index in [9.17, 15) is 4.79 Å². The molecule has 0 aliphatic heterocycles. The fourth-order valence-corrected chi connectivity index (χ4v) is 2.68. The molecule has 0 aromatic heterocycles. The van der Waals surface area contributed by atoms with Crippen LogP contribution in [0, 0.1) is 5.92 Å². The number of rotatable bonds is 6. The van der Waals surface area contributed by atoms with Gasteiger partial charge in [0.25, 0.3) is 0 Å². The molecule has 1 aliphatic rings. The molecule has 0 radical (unpaired) electrons. The van der Waals surface area contributed by atoms with Crippen molar-refractivity contribution in [2.24, 2.45) is 11.7 Å². The number of hydrogen-bond donors (Lipinski definition) is 1. The molecule has 1 unspecified atom stereocenters. The lowest BCUT2D eigenvalue weighted by atomic mass is 9.89. The Morgan fingerprint density at radius 3 is 2.59 bits per heavy atom. The zero-order valence-corrected chi connectivity index (χ0v) is 11.5. The molecule has 0 heterocycles. The summed E-state index contributed by atoms with van der Waals surface area (Å²) in [5.41, 5.74) is 5.92. The lowest BCUT2D eigenvalue weighted by Gasteiger charge is -2.28. The lowest BCUT2D eigenvalue weighted by Crippen LogP contribution is -2.43. The van der Waals surface area contributed by atoms with Gasteiger partial charge < -0.3 is 10.6 Å². The number of amides is 1. The van der Waals surface area contributed by atoms with Crippen LogP contribution in [0.5, 0.6) is 0 Å². The lowest BCUT2D eigenvalue weighted by molar-refractivity contribution is -0.132. The number of nitrogens with two attached hydrogens (primary N) is 1. The van der Waals surface area contributed by atoms with Crippen molar-refractivity contribution in [2.75, 3.05) is 13.6 Å². The van der Waals surface area contributed by atoms with Gasteiger partial charge in [0.2, 0.25) is 5.91 Å². The molecule has 1 atom stereocenters. The Labute approximate surface area is 106 Å². The highest BCUT2D eigenvalue weighted by molar-refractivity contribution is 5.81. The van der Waals surface area contributed by atoms with Gasteiger partial charge in [-0.05, 0) is 25.2 Å². The zero-order chi connectivity index (χ0) is 12.7. The molecular formula is C14H28N2O. The third-order valence-corrected chi connectivity index (χ3v) is 3.82. The van der Waals surface area contributed by atoms with Gasteiger partial charge in [-0.25, -0.2) is 0 Å². The van der Waals surface area contributed by atoms with Crippen molar-refractivity contribution >= 4 is 5.91 Å². The van der Waals surface area contributed by atoms with Crippen LogP contribution in [0.1, 0.15) is 58.3 Å². The molecule has 0 aromatic carbocycles. The fourth-order valence-electron chi connectivity index (χ4n) is 2.68. The van der Waals surface area contributed by atoms with Crippen molar-refractivity contribution in [1.82, 2.24) is 4.90 Å². The van der Waals surface area contributed by atoms with Crippen molar-refractivity contribution in [3.8, 4) is 0 Å². The van der Waals surface area contributed by atoms with Gasteiger partial charge in [0.05, 0.1) is 6.04 Å². The van der Waals surface area contributed by atoms with E-state index in [4.69, 9.17) is 5.73 Å². The van der Waals surface area contributed by atoms with Crippen LogP contribution >= 0.6 is 0 Å². The van der Waals surface area contributed by atoms with Gasteiger partial charge in [0.1, 0.15) is 0 Å². The monoisotopic (exact) mass is 240 g/mol. The summed E-state index contributed by atoms with van der Waals surface area (Å²) in [5, 5.41) is 0. The number of nitrogens with zero attached hydrogens (tertiary/aromatic N) is 1. The minimum Gasteiger partial charge on any atom is -0.344 e. The van der Waals surface area contributed by atoms with Gasteiger partial charge >= 0.3 is 0 Å². The minimum atomic E-state index is -0.288. The van der Waals surface area contributed by atoms with Crippen molar-refractivity contribution in [1.29, 1.82) is 0 Å². The van der Waals surface area contributed by atoms with Gasteiger partial charge in [-0.1, -0.05) is 39.0 Å². The summed E-state index contributed by atoms with van der Waals surface area (Å²) < 4.78 is 0. The highest BCUT2D eigenvalue weighted by Gasteiger charge is 2.21. The van der Waals surface area contributed by atoms with Crippen molar-refractivity contribution in [2.45, 2.75) is 64.3 Å². The Morgan fingerprint density at radius 1 is 1.35 bits per heavy atom. The molecule has 2 N–H and O–H groups in total. The maximum Gasteiger partial charge on any atom is 0.239 e. The van der Waals surface area contributed by atoms with E-state index in [1.54, 1.807) is 0 Å². The van der Waals surface area contributed by atoms with Crippen LogP contribution < -0.4 is 5.73 Å². The van der Waals surface area contributed by atoms with Crippen LogP contribution in [0.3, 0.4) is 0 Å². The maximum atomic E-state index is 12.0. The number of hydrogen-bond acceptors (Lipinski definition) is 2. The quantitative estimate of drug-likeness (QED) is 0.775. The number of likely N-dealkylation sites (N-methyl/N-ethyl adjacent to an activating group) is 1. The smallest absolute Gasteiger partial charge is 0.239 e. The first-order valence-corrected chi connectivity index (χ1v) is 7.15. The highest BCUT2D eigenvalue weighted by atomic mass is 16.2. The number of carbonyl (C=O) groups is 1. The Bertz CT molecular complexity index is 224. The molecule has 100 valence electrons. The van der Waals surface area contributed by atoms with E-state index in [0.29, 0.717) is 5.92 Å². The molecule has 17 heavy (non-hydrogen) atoms.